The lowest BCUT2D eigenvalue weighted by Gasteiger charge is -2.21. The van der Waals surface area contributed by atoms with Gasteiger partial charge in [-0.2, -0.15) is 0 Å². The Kier molecular flexibility index (Phi) is 2.12. The van der Waals surface area contributed by atoms with E-state index in [4.69, 9.17) is 0 Å². The minimum Gasteiger partial charge on any atom is -0.299 e. The number of ketones is 2. The fourth-order valence-corrected chi connectivity index (χ4v) is 1.93. The van der Waals surface area contributed by atoms with Crippen molar-refractivity contribution in [2.24, 2.45) is 5.41 Å². The average Bonchev–Trinajstić information content (AvgIpc) is 2.34. The number of hydrogen-bond acceptors (Lipinski definition) is 2. The molecule has 0 aromatic rings. The molecule has 0 atom stereocenters. The van der Waals surface area contributed by atoms with Gasteiger partial charge in [-0.05, 0) is 26.7 Å². The molecule has 1 aliphatic carbocycles. The van der Waals surface area contributed by atoms with Crippen LogP contribution in [0.5, 0.6) is 0 Å². The number of Topliss-reactive ketones (excluding diaryl/α,β-unsaturated/α-hetero) is 2. The second-order valence-electron chi connectivity index (χ2n) is 3.40. The third kappa shape index (κ3) is 1.22. The van der Waals surface area contributed by atoms with E-state index in [0.29, 0.717) is 0 Å². The van der Waals surface area contributed by atoms with Gasteiger partial charge < -0.3 is 0 Å². The standard InChI is InChI=1S/C9H14O2/c1-7(10)9(8(2)11)5-3-4-6-9/h3-6H2,1-2H3. The van der Waals surface area contributed by atoms with Crippen LogP contribution in [-0.4, -0.2) is 11.6 Å². The first kappa shape index (κ1) is 8.44. The summed E-state index contributed by atoms with van der Waals surface area (Å²) in [5, 5.41) is 0. The molecule has 0 bridgehead atoms. The van der Waals surface area contributed by atoms with E-state index in [0.717, 1.165) is 25.7 Å². The zero-order chi connectivity index (χ0) is 8.48. The van der Waals surface area contributed by atoms with Crippen LogP contribution in [0.25, 0.3) is 0 Å². The minimum absolute atomic E-state index is 0.0579. The Hall–Kier alpha value is -0.660. The van der Waals surface area contributed by atoms with E-state index in [-0.39, 0.29) is 11.6 Å². The Morgan fingerprint density at radius 3 is 1.55 bits per heavy atom. The van der Waals surface area contributed by atoms with Crippen LogP contribution in [0.2, 0.25) is 0 Å². The SMILES string of the molecule is CC(=O)C1(C(C)=O)CCCC1. The lowest BCUT2D eigenvalue weighted by Crippen LogP contribution is -2.33. The minimum atomic E-state index is -0.583. The normalized spacial score (nSPS) is 21.6. The van der Waals surface area contributed by atoms with Crippen molar-refractivity contribution >= 4 is 11.6 Å². The average molecular weight is 154 g/mol. The first-order chi connectivity index (χ1) is 5.09. The summed E-state index contributed by atoms with van der Waals surface area (Å²) < 4.78 is 0. The first-order valence-electron chi connectivity index (χ1n) is 4.12. The number of carbonyl (C=O) groups is 2. The third-order valence-corrected chi connectivity index (χ3v) is 2.80. The predicted molar refractivity (Wildman–Crippen MR) is 42.3 cm³/mol. The maximum atomic E-state index is 11.2. The molecule has 0 spiro atoms. The van der Waals surface area contributed by atoms with Gasteiger partial charge in [0.05, 0.1) is 5.41 Å². The van der Waals surface area contributed by atoms with Crippen LogP contribution >= 0.6 is 0 Å². The summed E-state index contributed by atoms with van der Waals surface area (Å²) in [5.74, 6) is 0.116. The largest absolute Gasteiger partial charge is 0.299 e. The summed E-state index contributed by atoms with van der Waals surface area (Å²) in [5.41, 5.74) is -0.583. The van der Waals surface area contributed by atoms with Crippen LogP contribution < -0.4 is 0 Å². The van der Waals surface area contributed by atoms with E-state index in [2.05, 4.69) is 0 Å². The molecule has 0 unspecified atom stereocenters. The highest BCUT2D eigenvalue weighted by molar-refractivity contribution is 6.05. The Balaban J connectivity index is 2.87. The summed E-state index contributed by atoms with van der Waals surface area (Å²) >= 11 is 0. The number of carbonyl (C=O) groups excluding carboxylic acids is 2. The molecule has 0 N–H and O–H groups in total. The summed E-state index contributed by atoms with van der Waals surface area (Å²) in [7, 11) is 0. The van der Waals surface area contributed by atoms with E-state index in [9.17, 15) is 9.59 Å². The molecule has 1 fully saturated rings. The molecule has 0 heterocycles. The van der Waals surface area contributed by atoms with Crippen LogP contribution in [0.1, 0.15) is 39.5 Å². The maximum absolute atomic E-state index is 11.2. The van der Waals surface area contributed by atoms with Crippen molar-refractivity contribution < 1.29 is 9.59 Å². The number of rotatable bonds is 2. The third-order valence-electron chi connectivity index (χ3n) is 2.80. The quantitative estimate of drug-likeness (QED) is 0.567. The lowest BCUT2D eigenvalue weighted by molar-refractivity contribution is -0.137. The van der Waals surface area contributed by atoms with Crippen molar-refractivity contribution in [3.05, 3.63) is 0 Å². The van der Waals surface area contributed by atoms with Gasteiger partial charge in [-0.15, -0.1) is 0 Å². The van der Waals surface area contributed by atoms with Crippen molar-refractivity contribution in [3.63, 3.8) is 0 Å². The fraction of sp³-hybridized carbons (Fsp3) is 0.778. The van der Waals surface area contributed by atoms with Gasteiger partial charge in [0.1, 0.15) is 11.6 Å². The fourth-order valence-electron chi connectivity index (χ4n) is 1.93. The maximum Gasteiger partial charge on any atom is 0.143 e. The van der Waals surface area contributed by atoms with Gasteiger partial charge in [0.15, 0.2) is 0 Å². The molecule has 0 aromatic heterocycles. The van der Waals surface area contributed by atoms with Crippen molar-refractivity contribution in [1.82, 2.24) is 0 Å². The van der Waals surface area contributed by atoms with Gasteiger partial charge in [-0.25, -0.2) is 0 Å². The van der Waals surface area contributed by atoms with Gasteiger partial charge in [-0.1, -0.05) is 12.8 Å². The Bertz CT molecular complexity index is 172. The highest BCUT2D eigenvalue weighted by Gasteiger charge is 2.42. The van der Waals surface area contributed by atoms with E-state index in [1.807, 2.05) is 0 Å². The summed E-state index contributed by atoms with van der Waals surface area (Å²) in [6, 6.07) is 0. The summed E-state index contributed by atoms with van der Waals surface area (Å²) in [6.07, 6.45) is 3.60. The summed E-state index contributed by atoms with van der Waals surface area (Å²) in [6.45, 7) is 3.07. The van der Waals surface area contributed by atoms with E-state index >= 15 is 0 Å². The molecule has 0 aliphatic heterocycles. The molecule has 11 heavy (non-hydrogen) atoms. The van der Waals surface area contributed by atoms with Crippen LogP contribution in [0.4, 0.5) is 0 Å². The van der Waals surface area contributed by atoms with Crippen molar-refractivity contribution in [3.8, 4) is 0 Å². The smallest absolute Gasteiger partial charge is 0.143 e. The van der Waals surface area contributed by atoms with Gasteiger partial charge >= 0.3 is 0 Å². The monoisotopic (exact) mass is 154 g/mol. The molecule has 0 saturated heterocycles. The molecule has 1 saturated carbocycles. The Labute approximate surface area is 67.0 Å². The van der Waals surface area contributed by atoms with Gasteiger partial charge in [-0.3, -0.25) is 9.59 Å². The van der Waals surface area contributed by atoms with Gasteiger partial charge in [0, 0.05) is 0 Å². The van der Waals surface area contributed by atoms with Crippen LogP contribution in [0.3, 0.4) is 0 Å². The Morgan fingerprint density at radius 1 is 1.00 bits per heavy atom. The molecule has 1 rings (SSSR count). The van der Waals surface area contributed by atoms with Crippen molar-refractivity contribution in [1.29, 1.82) is 0 Å². The predicted octanol–water partition coefficient (Wildman–Crippen LogP) is 1.72. The van der Waals surface area contributed by atoms with Gasteiger partial charge in [0.25, 0.3) is 0 Å². The van der Waals surface area contributed by atoms with Gasteiger partial charge in [0.2, 0.25) is 0 Å². The second kappa shape index (κ2) is 2.76. The molecule has 62 valence electrons. The van der Waals surface area contributed by atoms with Crippen LogP contribution in [0.15, 0.2) is 0 Å². The van der Waals surface area contributed by atoms with Crippen LogP contribution in [-0.2, 0) is 9.59 Å². The van der Waals surface area contributed by atoms with Crippen LogP contribution in [0, 0.1) is 5.41 Å². The highest BCUT2D eigenvalue weighted by atomic mass is 16.2. The van der Waals surface area contributed by atoms with E-state index in [1.54, 1.807) is 0 Å². The Morgan fingerprint density at radius 2 is 1.36 bits per heavy atom. The zero-order valence-electron chi connectivity index (χ0n) is 7.14. The molecular weight excluding hydrogens is 140 g/mol. The second-order valence-corrected chi connectivity index (χ2v) is 3.40. The molecule has 2 heteroatoms. The van der Waals surface area contributed by atoms with E-state index in [1.165, 1.54) is 13.8 Å². The highest BCUT2D eigenvalue weighted by Crippen LogP contribution is 2.39. The van der Waals surface area contributed by atoms with Crippen molar-refractivity contribution in [2.75, 3.05) is 0 Å². The molecule has 2 nitrogen and oxygen atoms in total. The molecule has 0 aromatic carbocycles. The summed E-state index contributed by atoms with van der Waals surface area (Å²) in [4.78, 5) is 22.4. The molecule has 1 aliphatic rings. The zero-order valence-corrected chi connectivity index (χ0v) is 7.14. The lowest BCUT2D eigenvalue weighted by atomic mass is 9.79. The molecule has 0 radical (unpaired) electrons. The molecular formula is C9H14O2. The topological polar surface area (TPSA) is 34.1 Å². The van der Waals surface area contributed by atoms with E-state index < -0.39 is 5.41 Å². The first-order valence-corrected chi connectivity index (χ1v) is 4.12. The molecule has 0 amide bonds. The number of hydrogen-bond donors (Lipinski definition) is 0. The van der Waals surface area contributed by atoms with Crippen molar-refractivity contribution in [2.45, 2.75) is 39.5 Å².